The molecule has 0 atom stereocenters. The minimum absolute atomic E-state index is 0.202. The maximum absolute atomic E-state index is 12.9. The molecule has 9 heteroatoms. The van der Waals surface area contributed by atoms with Crippen molar-refractivity contribution in [2.45, 2.75) is 6.92 Å². The summed E-state index contributed by atoms with van der Waals surface area (Å²) in [5.74, 6) is 0.167. The maximum Gasteiger partial charge on any atom is 0.319 e. The molecule has 2 heterocycles. The summed E-state index contributed by atoms with van der Waals surface area (Å²) in [6.07, 6.45) is 1.56. The fourth-order valence-electron chi connectivity index (χ4n) is 3.08. The van der Waals surface area contributed by atoms with Crippen molar-refractivity contribution in [3.63, 3.8) is 0 Å². The number of hydrogen-bond acceptors (Lipinski definition) is 4. The van der Waals surface area contributed by atoms with Crippen LogP contribution >= 0.6 is 11.6 Å². The van der Waals surface area contributed by atoms with Gasteiger partial charge in [0.2, 0.25) is 0 Å². The maximum atomic E-state index is 12.9. The Balaban J connectivity index is 1.60. The molecule has 2 aromatic carbocycles. The lowest BCUT2D eigenvalue weighted by Gasteiger charge is -2.08. The fourth-order valence-corrected chi connectivity index (χ4v) is 3.20. The number of rotatable bonds is 6. The van der Waals surface area contributed by atoms with Crippen LogP contribution in [0.5, 0.6) is 0 Å². The number of aromatic nitrogens is 2. The molecular weight excluding hydrogens is 430 g/mol. The zero-order valence-electron chi connectivity index (χ0n) is 17.1. The SMILES string of the molecule is CCNC(=O)Nc1cccc(NC(=O)c2cc(-c3ccco3)n(-c3ccc(Cl)cc3)n2)c1. The number of halogens is 1. The highest BCUT2D eigenvalue weighted by Gasteiger charge is 2.18. The van der Waals surface area contributed by atoms with Crippen molar-refractivity contribution in [1.29, 1.82) is 0 Å². The third-order valence-corrected chi connectivity index (χ3v) is 4.75. The molecule has 3 N–H and O–H groups in total. The number of benzene rings is 2. The molecular formula is C23H20ClN5O3. The summed E-state index contributed by atoms with van der Waals surface area (Å²) in [6.45, 7) is 2.34. The minimum atomic E-state index is -0.402. The third-order valence-electron chi connectivity index (χ3n) is 4.50. The van der Waals surface area contributed by atoms with Gasteiger partial charge in [-0.3, -0.25) is 4.79 Å². The number of amides is 3. The molecule has 0 saturated heterocycles. The van der Waals surface area contributed by atoms with Gasteiger partial charge < -0.3 is 20.4 Å². The Labute approximate surface area is 189 Å². The summed E-state index contributed by atoms with van der Waals surface area (Å²) in [5.41, 5.74) is 2.62. The second-order valence-corrected chi connectivity index (χ2v) is 7.24. The Morgan fingerprint density at radius 1 is 1.00 bits per heavy atom. The smallest absolute Gasteiger partial charge is 0.319 e. The molecule has 32 heavy (non-hydrogen) atoms. The molecule has 8 nitrogen and oxygen atoms in total. The van der Waals surface area contributed by atoms with Gasteiger partial charge in [0.15, 0.2) is 11.5 Å². The van der Waals surface area contributed by atoms with Gasteiger partial charge >= 0.3 is 6.03 Å². The summed E-state index contributed by atoms with van der Waals surface area (Å²) < 4.78 is 7.15. The van der Waals surface area contributed by atoms with Gasteiger partial charge in [-0.1, -0.05) is 17.7 Å². The number of furan rings is 1. The standard InChI is InChI=1S/C23H20ClN5O3/c1-2-25-23(31)27-17-6-3-5-16(13-17)26-22(30)19-14-20(21-7-4-12-32-21)29(28-19)18-10-8-15(24)9-11-18/h3-14H,2H2,1H3,(H,26,30)(H2,25,27,31). The average molecular weight is 450 g/mol. The zero-order chi connectivity index (χ0) is 22.5. The van der Waals surface area contributed by atoms with Crippen molar-refractivity contribution in [3.8, 4) is 17.1 Å². The van der Waals surface area contributed by atoms with Crippen LogP contribution in [0.15, 0.2) is 77.4 Å². The monoisotopic (exact) mass is 449 g/mol. The summed E-state index contributed by atoms with van der Waals surface area (Å²) in [6, 6.07) is 18.9. The summed E-state index contributed by atoms with van der Waals surface area (Å²) in [7, 11) is 0. The van der Waals surface area contributed by atoms with E-state index in [0.29, 0.717) is 34.4 Å². The van der Waals surface area contributed by atoms with E-state index < -0.39 is 5.91 Å². The number of urea groups is 1. The van der Waals surface area contributed by atoms with Crippen LogP contribution in [0, 0.1) is 0 Å². The van der Waals surface area contributed by atoms with Crippen LogP contribution < -0.4 is 16.0 Å². The first-order valence-corrected chi connectivity index (χ1v) is 10.3. The van der Waals surface area contributed by atoms with E-state index in [0.717, 1.165) is 5.69 Å². The summed E-state index contributed by atoms with van der Waals surface area (Å²) in [5, 5.41) is 13.3. The Bertz CT molecular complexity index is 1230. The highest BCUT2D eigenvalue weighted by atomic mass is 35.5. The first-order chi connectivity index (χ1) is 15.5. The molecule has 0 fully saturated rings. The summed E-state index contributed by atoms with van der Waals surface area (Å²) >= 11 is 6.00. The molecule has 0 aliphatic carbocycles. The van der Waals surface area contributed by atoms with Crippen molar-refractivity contribution in [3.05, 3.63) is 83.7 Å². The molecule has 3 amide bonds. The van der Waals surface area contributed by atoms with E-state index in [-0.39, 0.29) is 11.7 Å². The van der Waals surface area contributed by atoms with Gasteiger partial charge in [-0.15, -0.1) is 0 Å². The van der Waals surface area contributed by atoms with Gasteiger partial charge in [-0.2, -0.15) is 5.10 Å². The van der Waals surface area contributed by atoms with E-state index >= 15 is 0 Å². The normalized spacial score (nSPS) is 10.6. The number of anilines is 2. The first-order valence-electron chi connectivity index (χ1n) is 9.89. The van der Waals surface area contributed by atoms with Gasteiger partial charge in [0.05, 0.1) is 12.0 Å². The lowest BCUT2D eigenvalue weighted by molar-refractivity contribution is 0.102. The molecule has 0 aliphatic heterocycles. The zero-order valence-corrected chi connectivity index (χ0v) is 17.9. The van der Waals surface area contributed by atoms with Gasteiger partial charge in [-0.05, 0) is 61.5 Å². The van der Waals surface area contributed by atoms with Crippen LogP contribution in [0.3, 0.4) is 0 Å². The molecule has 2 aromatic heterocycles. The van der Waals surface area contributed by atoms with E-state index in [2.05, 4.69) is 21.0 Å². The Morgan fingerprint density at radius 3 is 2.44 bits per heavy atom. The van der Waals surface area contributed by atoms with E-state index in [1.807, 2.05) is 6.92 Å². The van der Waals surface area contributed by atoms with E-state index in [1.165, 1.54) is 0 Å². The molecule has 0 spiro atoms. The van der Waals surface area contributed by atoms with Crippen molar-refractivity contribution in [2.75, 3.05) is 17.2 Å². The number of hydrogen-bond donors (Lipinski definition) is 3. The second-order valence-electron chi connectivity index (χ2n) is 6.80. The van der Waals surface area contributed by atoms with Crippen LogP contribution in [0.25, 0.3) is 17.1 Å². The molecule has 0 saturated carbocycles. The van der Waals surface area contributed by atoms with Gasteiger partial charge in [0, 0.05) is 29.0 Å². The molecule has 0 radical (unpaired) electrons. The fraction of sp³-hybridized carbons (Fsp3) is 0.0870. The number of carbonyl (C=O) groups is 2. The minimum Gasteiger partial charge on any atom is -0.463 e. The highest BCUT2D eigenvalue weighted by Crippen LogP contribution is 2.26. The van der Waals surface area contributed by atoms with E-state index in [9.17, 15) is 9.59 Å². The van der Waals surface area contributed by atoms with Crippen molar-refractivity contribution < 1.29 is 14.0 Å². The van der Waals surface area contributed by atoms with Crippen LogP contribution in [-0.4, -0.2) is 28.3 Å². The number of nitrogens with one attached hydrogen (secondary N) is 3. The molecule has 4 aromatic rings. The van der Waals surface area contributed by atoms with Crippen molar-refractivity contribution in [1.82, 2.24) is 15.1 Å². The van der Waals surface area contributed by atoms with Crippen molar-refractivity contribution in [2.24, 2.45) is 0 Å². The Kier molecular flexibility index (Phi) is 6.23. The van der Waals surface area contributed by atoms with Gasteiger partial charge in [0.1, 0.15) is 5.69 Å². The van der Waals surface area contributed by atoms with Gasteiger partial charge in [-0.25, -0.2) is 9.48 Å². The highest BCUT2D eigenvalue weighted by molar-refractivity contribution is 6.30. The Hall–Kier alpha value is -4.04. The molecule has 162 valence electrons. The number of nitrogens with zero attached hydrogens (tertiary/aromatic N) is 2. The topological polar surface area (TPSA) is 101 Å². The predicted molar refractivity (Wildman–Crippen MR) is 123 cm³/mol. The second kappa shape index (κ2) is 9.40. The van der Waals surface area contributed by atoms with E-state index in [1.54, 1.807) is 77.7 Å². The van der Waals surface area contributed by atoms with Crippen molar-refractivity contribution >= 4 is 34.9 Å². The van der Waals surface area contributed by atoms with Crippen LogP contribution in [0.4, 0.5) is 16.2 Å². The van der Waals surface area contributed by atoms with Crippen LogP contribution in [0.2, 0.25) is 5.02 Å². The summed E-state index contributed by atoms with van der Waals surface area (Å²) in [4.78, 5) is 24.7. The predicted octanol–water partition coefficient (Wildman–Crippen LogP) is 5.18. The Morgan fingerprint density at radius 2 is 1.75 bits per heavy atom. The molecule has 0 bridgehead atoms. The van der Waals surface area contributed by atoms with E-state index in [4.69, 9.17) is 16.0 Å². The lowest BCUT2D eigenvalue weighted by Crippen LogP contribution is -2.28. The lowest BCUT2D eigenvalue weighted by atomic mass is 10.2. The van der Waals surface area contributed by atoms with Crippen LogP contribution in [-0.2, 0) is 0 Å². The molecule has 0 unspecified atom stereocenters. The van der Waals surface area contributed by atoms with Crippen LogP contribution in [0.1, 0.15) is 17.4 Å². The first kappa shape index (κ1) is 21.2. The third kappa shape index (κ3) is 4.81. The largest absolute Gasteiger partial charge is 0.463 e. The van der Waals surface area contributed by atoms with Gasteiger partial charge in [0.25, 0.3) is 5.91 Å². The molecule has 0 aliphatic rings. The average Bonchev–Trinajstić information content (AvgIpc) is 3.45. The quantitative estimate of drug-likeness (QED) is 0.377. The molecule has 4 rings (SSSR count). The number of carbonyl (C=O) groups excluding carboxylic acids is 2.